The maximum absolute atomic E-state index is 2.48. The Morgan fingerprint density at radius 2 is 0.837 bits per heavy atom. The van der Waals surface area contributed by atoms with Crippen LogP contribution in [0.1, 0.15) is 97.2 Å². The molecule has 0 bridgehead atoms. The third-order valence-electron chi connectivity index (χ3n) is 9.01. The molecule has 0 amide bonds. The van der Waals surface area contributed by atoms with Crippen LogP contribution in [0.2, 0.25) is 0 Å². The van der Waals surface area contributed by atoms with Crippen molar-refractivity contribution in [2.24, 2.45) is 0 Å². The molecule has 0 aliphatic heterocycles. The molecular formula is C40H42Cl2Ti. The maximum Gasteiger partial charge on any atom is -1.00 e. The number of halogens is 2. The van der Waals surface area contributed by atoms with Crippen LogP contribution in [0.4, 0.5) is 0 Å². The van der Waals surface area contributed by atoms with Gasteiger partial charge in [-0.3, -0.25) is 0 Å². The first-order valence-corrected chi connectivity index (χ1v) is 16.8. The van der Waals surface area contributed by atoms with E-state index in [4.69, 9.17) is 0 Å². The molecule has 0 aromatic heterocycles. The van der Waals surface area contributed by atoms with Crippen molar-refractivity contribution in [3.8, 4) is 22.3 Å². The van der Waals surface area contributed by atoms with E-state index in [1.165, 1.54) is 66.8 Å². The van der Waals surface area contributed by atoms with Gasteiger partial charge in [0.15, 0.2) is 0 Å². The van der Waals surface area contributed by atoms with Crippen molar-refractivity contribution in [2.75, 3.05) is 0 Å². The zero-order valence-corrected chi connectivity index (χ0v) is 29.7. The van der Waals surface area contributed by atoms with E-state index in [1.807, 2.05) is 0 Å². The minimum atomic E-state index is -0.362. The summed E-state index contributed by atoms with van der Waals surface area (Å²) < 4.78 is 1.13. The van der Waals surface area contributed by atoms with Crippen LogP contribution < -0.4 is 24.8 Å². The monoisotopic (exact) mass is 640 g/mol. The van der Waals surface area contributed by atoms with Gasteiger partial charge in [0, 0.05) is 0 Å². The Bertz CT molecular complexity index is 1550. The molecule has 4 aromatic carbocycles. The van der Waals surface area contributed by atoms with E-state index in [1.54, 1.807) is 0 Å². The fraction of sp³-hybridized carbons (Fsp3) is 0.300. The molecule has 0 saturated carbocycles. The molecule has 0 radical (unpaired) electrons. The second kappa shape index (κ2) is 12.6. The molecule has 0 N–H and O–H groups in total. The first-order chi connectivity index (χ1) is 19.4. The molecule has 6 rings (SSSR count). The minimum absolute atomic E-state index is 0. The predicted molar refractivity (Wildman–Crippen MR) is 174 cm³/mol. The van der Waals surface area contributed by atoms with Crippen molar-refractivity contribution < 1.29 is 44.0 Å². The summed E-state index contributed by atoms with van der Waals surface area (Å²) in [4.78, 5) is 0. The first-order valence-electron chi connectivity index (χ1n) is 15.0. The van der Waals surface area contributed by atoms with E-state index in [0.717, 1.165) is 0 Å². The fourth-order valence-electron chi connectivity index (χ4n) is 6.52. The van der Waals surface area contributed by atoms with Crippen LogP contribution in [0, 0.1) is 0 Å². The van der Waals surface area contributed by atoms with Gasteiger partial charge in [-0.2, -0.15) is 0 Å². The summed E-state index contributed by atoms with van der Waals surface area (Å²) in [7, 11) is 0. The second-order valence-electron chi connectivity index (χ2n) is 14.1. The van der Waals surface area contributed by atoms with Crippen molar-refractivity contribution in [2.45, 2.75) is 74.7 Å². The summed E-state index contributed by atoms with van der Waals surface area (Å²) in [6, 6.07) is 32.5. The van der Waals surface area contributed by atoms with Crippen LogP contribution in [0.3, 0.4) is 0 Å². The van der Waals surface area contributed by atoms with Crippen molar-refractivity contribution >= 4 is 12.2 Å². The van der Waals surface area contributed by atoms with Crippen LogP contribution in [-0.2, 0) is 30.0 Å². The Hall–Kier alpha value is -2.35. The van der Waals surface area contributed by atoms with Gasteiger partial charge in [0.1, 0.15) is 0 Å². The van der Waals surface area contributed by atoms with Gasteiger partial charge in [0.25, 0.3) is 0 Å². The van der Waals surface area contributed by atoms with Crippen molar-refractivity contribution in [1.29, 1.82) is 0 Å². The zero-order valence-electron chi connectivity index (χ0n) is 26.6. The molecule has 0 nitrogen and oxygen atoms in total. The summed E-state index contributed by atoms with van der Waals surface area (Å²) in [5, 5.41) is 0. The molecule has 2 aliphatic rings. The van der Waals surface area contributed by atoms with Gasteiger partial charge >= 0.3 is 258 Å². The number of hydrogen-bond donors (Lipinski definition) is 0. The molecule has 43 heavy (non-hydrogen) atoms. The van der Waals surface area contributed by atoms with Gasteiger partial charge in [-0.15, -0.1) is 0 Å². The molecule has 0 spiro atoms. The Morgan fingerprint density at radius 3 is 1.16 bits per heavy atom. The Morgan fingerprint density at radius 1 is 0.488 bits per heavy atom. The second-order valence-corrected chi connectivity index (χ2v) is 16.4. The third-order valence-corrected chi connectivity index (χ3v) is 12.4. The number of rotatable bonds is 4. The van der Waals surface area contributed by atoms with Gasteiger partial charge in [0.2, 0.25) is 0 Å². The summed E-state index contributed by atoms with van der Waals surface area (Å²) in [5.41, 5.74) is 17.5. The SMILES string of the molecule is CC1=Cc2c(-c3ccc(C(C)(C)C)cc3)cccc2[CH]1[Ti+2][CH]1C(C)=Cc2c(-c3ccc(C(C)(C)C)cc3)cccc21.[Cl-].[Cl-]. The van der Waals surface area contributed by atoms with Crippen LogP contribution in [-0.4, -0.2) is 0 Å². The normalized spacial score (nSPS) is 17.1. The largest absolute Gasteiger partial charge is 1.00 e. The van der Waals surface area contributed by atoms with Gasteiger partial charge in [0.05, 0.1) is 0 Å². The summed E-state index contributed by atoms with van der Waals surface area (Å²) >= 11 is -0.362. The molecule has 0 fully saturated rings. The van der Waals surface area contributed by atoms with E-state index in [2.05, 4.69) is 152 Å². The van der Waals surface area contributed by atoms with Gasteiger partial charge in [-0.25, -0.2) is 0 Å². The van der Waals surface area contributed by atoms with Crippen molar-refractivity contribution in [3.05, 3.63) is 129 Å². The Kier molecular flexibility index (Phi) is 9.81. The number of allylic oxidation sites excluding steroid dienone is 2. The van der Waals surface area contributed by atoms with Gasteiger partial charge in [-0.1, -0.05) is 0 Å². The minimum Gasteiger partial charge on any atom is -1.00 e. The first kappa shape index (κ1) is 33.5. The molecule has 0 heterocycles. The molecule has 2 atom stereocenters. The van der Waals surface area contributed by atoms with Gasteiger partial charge in [-0.05, 0) is 0 Å². The molecule has 2 aliphatic carbocycles. The smallest absolute Gasteiger partial charge is 1.00 e. The molecule has 4 aromatic rings. The molecule has 0 saturated heterocycles. The fourth-order valence-corrected chi connectivity index (χ4v) is 9.47. The summed E-state index contributed by atoms with van der Waals surface area (Å²) in [5.74, 6) is 0. The molecule has 3 heteroatoms. The van der Waals surface area contributed by atoms with E-state index in [-0.39, 0.29) is 54.8 Å². The van der Waals surface area contributed by atoms with E-state index in [0.29, 0.717) is 8.45 Å². The van der Waals surface area contributed by atoms with Crippen molar-refractivity contribution in [3.63, 3.8) is 0 Å². The van der Waals surface area contributed by atoms with Crippen molar-refractivity contribution in [1.82, 2.24) is 0 Å². The van der Waals surface area contributed by atoms with E-state index < -0.39 is 0 Å². The molecule has 2 unspecified atom stereocenters. The van der Waals surface area contributed by atoms with E-state index in [9.17, 15) is 0 Å². The zero-order chi connectivity index (χ0) is 29.1. The van der Waals surface area contributed by atoms with Crippen LogP contribution >= 0.6 is 0 Å². The molecular weight excluding hydrogens is 599 g/mol. The maximum atomic E-state index is 2.48. The van der Waals surface area contributed by atoms with Crippen LogP contribution in [0.15, 0.2) is 96.1 Å². The topological polar surface area (TPSA) is 0 Å². The third kappa shape index (κ3) is 6.41. The standard InChI is InChI=1S/2C20H21.2ClH.Ti/c2*1-14-12-16-6-5-7-18(19(16)13-14)15-8-10-17(11-9-15)20(2,3)4;;;/h2*5-13H,1-4H3;2*1H;/q;;;;+2/p-2. The Labute approximate surface area is 280 Å². The average molecular weight is 642 g/mol. The van der Waals surface area contributed by atoms with Crippen LogP contribution in [0.5, 0.6) is 0 Å². The summed E-state index contributed by atoms with van der Waals surface area (Å²) in [6.45, 7) is 18.4. The number of hydrogen-bond acceptors (Lipinski definition) is 0. The Balaban J connectivity index is 0.00000212. The van der Waals surface area contributed by atoms with Gasteiger partial charge < -0.3 is 24.8 Å². The van der Waals surface area contributed by atoms with E-state index >= 15 is 0 Å². The molecule has 220 valence electrons. The van der Waals surface area contributed by atoms with Crippen LogP contribution in [0.25, 0.3) is 34.4 Å². The predicted octanol–water partition coefficient (Wildman–Crippen LogP) is 5.32. The number of fused-ring (bicyclic) bond motifs is 2. The average Bonchev–Trinajstić information content (AvgIpc) is 3.43. The quantitative estimate of drug-likeness (QED) is 0.265. The summed E-state index contributed by atoms with van der Waals surface area (Å²) in [6.07, 6.45) is 4.97. The number of benzene rings is 4.